The van der Waals surface area contributed by atoms with Crippen LogP contribution in [0.25, 0.3) is 6.08 Å². The lowest BCUT2D eigenvalue weighted by Crippen LogP contribution is -2.23. The van der Waals surface area contributed by atoms with Gasteiger partial charge in [-0.15, -0.1) is 0 Å². The molecule has 144 valence electrons. The summed E-state index contributed by atoms with van der Waals surface area (Å²) < 4.78 is 29.9. The van der Waals surface area contributed by atoms with Crippen LogP contribution in [0.15, 0.2) is 63.3 Å². The molecule has 2 aromatic rings. The summed E-state index contributed by atoms with van der Waals surface area (Å²) >= 11 is 6.79. The molecule has 0 unspecified atom stereocenters. The summed E-state index contributed by atoms with van der Waals surface area (Å²) in [4.78, 5) is 27.0. The Kier molecular flexibility index (Phi) is 5.87. The molecule has 0 radical (unpaired) electrons. The summed E-state index contributed by atoms with van der Waals surface area (Å²) in [6.07, 6.45) is 1.53. The molecule has 7 nitrogen and oxygen atoms in total. The number of hydrogen-bond acceptors (Lipinski definition) is 6. The minimum Gasteiger partial charge on any atom is -0.379 e. The topological polar surface area (TPSA) is 102 Å². The summed E-state index contributed by atoms with van der Waals surface area (Å²) in [5.41, 5.74) is 0.541. The average Bonchev–Trinajstić information content (AvgIpc) is 2.93. The smallest absolute Gasteiger partial charge is 0.339 e. The second-order valence-electron chi connectivity index (χ2n) is 5.58. The normalized spacial score (nSPS) is 15.4. The number of benzene rings is 2. The number of amides is 2. The fraction of sp³-hybridized carbons (Fsp3) is 0.0556. The minimum absolute atomic E-state index is 0.0319. The van der Waals surface area contributed by atoms with Crippen molar-refractivity contribution in [2.75, 3.05) is 0 Å². The Hall–Kier alpha value is -2.62. The third kappa shape index (κ3) is 5.00. The van der Waals surface area contributed by atoms with Gasteiger partial charge in [-0.1, -0.05) is 23.7 Å². The summed E-state index contributed by atoms with van der Waals surface area (Å²) in [7, 11) is -4.03. The molecule has 0 saturated carbocycles. The van der Waals surface area contributed by atoms with Gasteiger partial charge in [-0.25, -0.2) is 0 Å². The lowest BCUT2D eigenvalue weighted by molar-refractivity contribution is -0.117. The number of thioether (sulfide) groups is 1. The zero-order chi connectivity index (χ0) is 20.3. The van der Waals surface area contributed by atoms with Gasteiger partial charge in [0.25, 0.3) is 5.91 Å². The van der Waals surface area contributed by atoms with E-state index in [-0.39, 0.29) is 21.7 Å². The molecule has 0 spiro atoms. The number of nitrogens with one attached hydrogen (secondary N) is 1. The highest BCUT2D eigenvalue weighted by atomic mass is 35.5. The van der Waals surface area contributed by atoms with Gasteiger partial charge in [0.2, 0.25) is 5.91 Å². The number of carbonyl (C=O) groups excluding carboxylic acids is 2. The van der Waals surface area contributed by atoms with E-state index >= 15 is 0 Å². The first-order chi connectivity index (χ1) is 13.2. The molecule has 10 heteroatoms. The van der Waals surface area contributed by atoms with Crippen molar-refractivity contribution < 1.29 is 22.2 Å². The van der Waals surface area contributed by atoms with Gasteiger partial charge in [0, 0.05) is 11.9 Å². The predicted molar refractivity (Wildman–Crippen MR) is 108 cm³/mol. The van der Waals surface area contributed by atoms with Crippen LogP contribution >= 0.6 is 23.4 Å². The molecule has 3 rings (SSSR count). The van der Waals surface area contributed by atoms with E-state index < -0.39 is 16.0 Å². The van der Waals surface area contributed by atoms with Crippen molar-refractivity contribution in [3.05, 3.63) is 64.0 Å². The maximum atomic E-state index is 12.4. The van der Waals surface area contributed by atoms with Gasteiger partial charge >= 0.3 is 10.1 Å². The van der Waals surface area contributed by atoms with Crippen LogP contribution in [0.5, 0.6) is 5.75 Å². The summed E-state index contributed by atoms with van der Waals surface area (Å²) in [5, 5.41) is 3.06. The molecule has 28 heavy (non-hydrogen) atoms. The van der Waals surface area contributed by atoms with Crippen LogP contribution in [0.3, 0.4) is 0 Å². The molecule has 0 aromatic heterocycles. The monoisotopic (exact) mass is 436 g/mol. The maximum absolute atomic E-state index is 12.4. The van der Waals surface area contributed by atoms with Gasteiger partial charge in [0.1, 0.15) is 10.6 Å². The number of carbonyl (C=O) groups is 2. The van der Waals surface area contributed by atoms with Crippen LogP contribution in [-0.2, 0) is 19.7 Å². The molecule has 1 aliphatic heterocycles. The fourth-order valence-electron chi connectivity index (χ4n) is 2.20. The van der Waals surface area contributed by atoms with E-state index in [0.29, 0.717) is 15.5 Å². The van der Waals surface area contributed by atoms with E-state index in [1.54, 1.807) is 12.1 Å². The van der Waals surface area contributed by atoms with Crippen LogP contribution < -0.4 is 9.50 Å². The highest BCUT2D eigenvalue weighted by Gasteiger charge is 2.22. The molecule has 1 N–H and O–H groups in total. The highest BCUT2D eigenvalue weighted by Crippen LogP contribution is 2.29. The van der Waals surface area contributed by atoms with E-state index in [1.165, 1.54) is 49.4 Å². The van der Waals surface area contributed by atoms with Gasteiger partial charge in [-0.3, -0.25) is 9.59 Å². The third-order valence-electron chi connectivity index (χ3n) is 3.37. The Morgan fingerprint density at radius 1 is 1.21 bits per heavy atom. The van der Waals surface area contributed by atoms with Crippen molar-refractivity contribution >= 4 is 56.5 Å². The van der Waals surface area contributed by atoms with Gasteiger partial charge in [0.15, 0.2) is 5.17 Å². The molecular formula is C18H13ClN2O5S2. The Morgan fingerprint density at radius 2 is 1.93 bits per heavy atom. The number of aliphatic imine (C=N–C) groups is 1. The zero-order valence-electron chi connectivity index (χ0n) is 14.4. The van der Waals surface area contributed by atoms with Gasteiger partial charge in [-0.05, 0) is 59.8 Å². The number of hydrogen-bond donors (Lipinski definition) is 1. The molecule has 0 aliphatic carbocycles. The van der Waals surface area contributed by atoms with Crippen LogP contribution in [0.2, 0.25) is 5.02 Å². The van der Waals surface area contributed by atoms with Gasteiger partial charge < -0.3 is 9.50 Å². The predicted octanol–water partition coefficient (Wildman–Crippen LogP) is 3.21. The zero-order valence-corrected chi connectivity index (χ0v) is 16.8. The number of rotatable bonds is 4. The van der Waals surface area contributed by atoms with Gasteiger partial charge in [-0.2, -0.15) is 13.4 Å². The van der Waals surface area contributed by atoms with E-state index in [2.05, 4.69) is 10.3 Å². The standard InChI is InChI=1S/C18H13ClN2O5S2/c1-11(22)20-18-21-17(23)16(27-18)10-12-3-2-4-14(9-12)26-28(24,25)15-7-5-13(19)6-8-15/h2-10H,1H3,(H,20,21,22,23)/b16-10-. The van der Waals surface area contributed by atoms with Crippen LogP contribution in [-0.4, -0.2) is 25.4 Å². The molecule has 2 amide bonds. The van der Waals surface area contributed by atoms with Crippen molar-refractivity contribution in [2.24, 2.45) is 4.99 Å². The average molecular weight is 437 g/mol. The Bertz CT molecular complexity index is 1110. The summed E-state index contributed by atoms with van der Waals surface area (Å²) in [5.74, 6) is -0.736. The lowest BCUT2D eigenvalue weighted by Gasteiger charge is -2.08. The first kappa shape index (κ1) is 20.1. The second-order valence-corrected chi connectivity index (χ2v) is 8.59. The largest absolute Gasteiger partial charge is 0.379 e. The maximum Gasteiger partial charge on any atom is 0.339 e. The molecule has 0 saturated heterocycles. The quantitative estimate of drug-likeness (QED) is 0.583. The minimum atomic E-state index is -4.03. The van der Waals surface area contributed by atoms with Crippen LogP contribution in [0, 0.1) is 0 Å². The molecular weight excluding hydrogens is 424 g/mol. The molecule has 0 bridgehead atoms. The van der Waals surface area contributed by atoms with Crippen LogP contribution in [0.4, 0.5) is 0 Å². The number of amidine groups is 1. The Labute approximate surface area is 170 Å². The molecule has 1 heterocycles. The molecule has 0 fully saturated rings. The Morgan fingerprint density at radius 3 is 2.61 bits per heavy atom. The molecule has 2 aromatic carbocycles. The fourth-order valence-corrected chi connectivity index (χ4v) is 4.11. The van der Waals surface area contributed by atoms with E-state index in [0.717, 1.165) is 11.8 Å². The molecule has 1 aliphatic rings. The molecule has 0 atom stereocenters. The SMILES string of the molecule is CC(=O)NC1=NC(=O)/C(=C/c2cccc(OS(=O)(=O)c3ccc(Cl)cc3)c2)S1. The van der Waals surface area contributed by atoms with Crippen molar-refractivity contribution in [2.45, 2.75) is 11.8 Å². The van der Waals surface area contributed by atoms with Crippen molar-refractivity contribution in [3.63, 3.8) is 0 Å². The van der Waals surface area contributed by atoms with Crippen molar-refractivity contribution in [3.8, 4) is 5.75 Å². The Balaban J connectivity index is 1.79. The third-order valence-corrected chi connectivity index (χ3v) is 5.78. The summed E-state index contributed by atoms with van der Waals surface area (Å²) in [6, 6.07) is 11.8. The van der Waals surface area contributed by atoms with E-state index in [9.17, 15) is 18.0 Å². The first-order valence-corrected chi connectivity index (χ1v) is 10.4. The van der Waals surface area contributed by atoms with E-state index in [1.807, 2.05) is 0 Å². The second kappa shape index (κ2) is 8.17. The van der Waals surface area contributed by atoms with Crippen molar-refractivity contribution in [1.29, 1.82) is 0 Å². The number of nitrogens with zero attached hydrogens (tertiary/aromatic N) is 1. The lowest BCUT2D eigenvalue weighted by atomic mass is 10.2. The van der Waals surface area contributed by atoms with E-state index in [4.69, 9.17) is 15.8 Å². The summed E-state index contributed by atoms with van der Waals surface area (Å²) in [6.45, 7) is 1.32. The van der Waals surface area contributed by atoms with Crippen molar-refractivity contribution in [1.82, 2.24) is 5.32 Å². The highest BCUT2D eigenvalue weighted by molar-refractivity contribution is 8.18. The van der Waals surface area contributed by atoms with Crippen LogP contribution in [0.1, 0.15) is 12.5 Å². The van der Waals surface area contributed by atoms with Gasteiger partial charge in [0.05, 0.1) is 4.91 Å². The first-order valence-electron chi connectivity index (χ1n) is 7.83. The number of halogens is 1.